The minimum Gasteiger partial charge on any atom is -0.392 e. The van der Waals surface area contributed by atoms with Gasteiger partial charge in [0.1, 0.15) is 12.2 Å². The van der Waals surface area contributed by atoms with Gasteiger partial charge in [0.15, 0.2) is 0 Å². The average molecular weight is 264 g/mol. The minimum absolute atomic E-state index is 0.194. The number of aromatic nitrogens is 3. The molecule has 1 aromatic rings. The van der Waals surface area contributed by atoms with E-state index in [2.05, 4.69) is 19.7 Å². The standard InChI is InChI=1S/C14H24N4O/c1-2-13(19)9-17-7-3-4-11(8-17)14-16-15-10-18(14)12-5-6-12/h10-13,19H,2-9H2,1H3/t11-,13+/m1/s1. The Labute approximate surface area is 114 Å². The lowest BCUT2D eigenvalue weighted by molar-refractivity contribution is 0.0914. The van der Waals surface area contributed by atoms with Crippen LogP contribution in [-0.4, -0.2) is 50.5 Å². The first kappa shape index (κ1) is 13.1. The zero-order valence-corrected chi connectivity index (χ0v) is 11.7. The van der Waals surface area contributed by atoms with Crippen LogP contribution in [0, 0.1) is 0 Å². The Morgan fingerprint density at radius 2 is 2.26 bits per heavy atom. The molecule has 5 nitrogen and oxygen atoms in total. The summed E-state index contributed by atoms with van der Waals surface area (Å²) in [6, 6.07) is 0.654. The van der Waals surface area contributed by atoms with E-state index in [0.29, 0.717) is 12.0 Å². The highest BCUT2D eigenvalue weighted by molar-refractivity contribution is 5.04. The van der Waals surface area contributed by atoms with Crippen molar-refractivity contribution in [3.8, 4) is 0 Å². The fourth-order valence-corrected chi connectivity index (χ4v) is 3.04. The summed E-state index contributed by atoms with van der Waals surface area (Å²) >= 11 is 0. The molecule has 0 aromatic carbocycles. The Kier molecular flexibility index (Phi) is 3.84. The third-order valence-electron chi connectivity index (χ3n) is 4.35. The second-order valence-electron chi connectivity index (χ2n) is 5.99. The van der Waals surface area contributed by atoms with Crippen molar-refractivity contribution >= 4 is 0 Å². The zero-order valence-electron chi connectivity index (χ0n) is 11.7. The molecule has 3 rings (SSSR count). The molecule has 1 saturated heterocycles. The van der Waals surface area contributed by atoms with Crippen LogP contribution in [-0.2, 0) is 0 Å². The number of piperidine rings is 1. The van der Waals surface area contributed by atoms with Gasteiger partial charge in [-0.15, -0.1) is 10.2 Å². The van der Waals surface area contributed by atoms with Crippen LogP contribution in [0.25, 0.3) is 0 Å². The summed E-state index contributed by atoms with van der Waals surface area (Å²) in [5.41, 5.74) is 0. The van der Waals surface area contributed by atoms with Gasteiger partial charge in [-0.3, -0.25) is 0 Å². The van der Waals surface area contributed by atoms with Crippen molar-refractivity contribution in [1.82, 2.24) is 19.7 Å². The van der Waals surface area contributed by atoms with Gasteiger partial charge in [0.05, 0.1) is 6.10 Å². The molecule has 1 saturated carbocycles. The Morgan fingerprint density at radius 3 is 3.00 bits per heavy atom. The van der Waals surface area contributed by atoms with Crippen LogP contribution in [0.1, 0.15) is 56.8 Å². The normalized spacial score (nSPS) is 26.5. The van der Waals surface area contributed by atoms with Gasteiger partial charge in [0, 0.05) is 25.0 Å². The van der Waals surface area contributed by atoms with Gasteiger partial charge >= 0.3 is 0 Å². The highest BCUT2D eigenvalue weighted by Gasteiger charge is 2.31. The number of aliphatic hydroxyl groups is 1. The molecule has 106 valence electrons. The molecule has 0 amide bonds. The minimum atomic E-state index is -0.194. The Hall–Kier alpha value is -0.940. The number of aliphatic hydroxyl groups excluding tert-OH is 1. The molecule has 1 N–H and O–H groups in total. The quantitative estimate of drug-likeness (QED) is 0.877. The van der Waals surface area contributed by atoms with E-state index in [-0.39, 0.29) is 6.10 Å². The van der Waals surface area contributed by atoms with Crippen LogP contribution in [0.3, 0.4) is 0 Å². The van der Waals surface area contributed by atoms with Crippen LogP contribution in [0.2, 0.25) is 0 Å². The summed E-state index contributed by atoms with van der Waals surface area (Å²) in [6.45, 7) is 4.95. The predicted octanol–water partition coefficient (Wildman–Crippen LogP) is 1.56. The predicted molar refractivity (Wildman–Crippen MR) is 73.0 cm³/mol. The number of likely N-dealkylation sites (tertiary alicyclic amines) is 1. The van der Waals surface area contributed by atoms with Gasteiger partial charge in [-0.1, -0.05) is 6.92 Å². The van der Waals surface area contributed by atoms with Crippen molar-refractivity contribution in [3.63, 3.8) is 0 Å². The van der Waals surface area contributed by atoms with Gasteiger partial charge in [-0.05, 0) is 38.6 Å². The van der Waals surface area contributed by atoms with Crippen molar-refractivity contribution < 1.29 is 5.11 Å². The maximum Gasteiger partial charge on any atom is 0.137 e. The molecule has 2 aliphatic rings. The first-order chi connectivity index (χ1) is 9.28. The van der Waals surface area contributed by atoms with Crippen LogP contribution in [0.15, 0.2) is 6.33 Å². The van der Waals surface area contributed by atoms with Gasteiger partial charge in [0.2, 0.25) is 0 Å². The van der Waals surface area contributed by atoms with E-state index < -0.39 is 0 Å². The highest BCUT2D eigenvalue weighted by Crippen LogP contribution is 2.38. The molecule has 1 aromatic heterocycles. The molecule has 0 radical (unpaired) electrons. The van der Waals surface area contributed by atoms with Crippen LogP contribution < -0.4 is 0 Å². The van der Waals surface area contributed by atoms with E-state index in [9.17, 15) is 5.11 Å². The highest BCUT2D eigenvalue weighted by atomic mass is 16.3. The molecular formula is C14H24N4O. The maximum absolute atomic E-state index is 9.80. The van der Waals surface area contributed by atoms with Gasteiger partial charge in [0.25, 0.3) is 0 Å². The maximum atomic E-state index is 9.80. The first-order valence-corrected chi connectivity index (χ1v) is 7.57. The first-order valence-electron chi connectivity index (χ1n) is 7.57. The van der Waals surface area contributed by atoms with Gasteiger partial charge < -0.3 is 14.6 Å². The molecule has 1 aliphatic carbocycles. The second kappa shape index (κ2) is 5.59. The van der Waals surface area contributed by atoms with E-state index in [4.69, 9.17) is 0 Å². The zero-order chi connectivity index (χ0) is 13.2. The van der Waals surface area contributed by atoms with Crippen molar-refractivity contribution in [1.29, 1.82) is 0 Å². The number of nitrogens with zero attached hydrogens (tertiary/aromatic N) is 4. The summed E-state index contributed by atoms with van der Waals surface area (Å²) in [6.07, 6.45) is 7.47. The molecule has 0 bridgehead atoms. The van der Waals surface area contributed by atoms with E-state index in [1.165, 1.54) is 25.7 Å². The van der Waals surface area contributed by atoms with Gasteiger partial charge in [-0.25, -0.2) is 0 Å². The lowest BCUT2D eigenvalue weighted by atomic mass is 9.96. The molecule has 19 heavy (non-hydrogen) atoms. The molecule has 2 fully saturated rings. The number of hydrogen-bond donors (Lipinski definition) is 1. The van der Waals surface area contributed by atoms with Crippen molar-refractivity contribution in [3.05, 3.63) is 12.2 Å². The lowest BCUT2D eigenvalue weighted by Crippen LogP contribution is -2.39. The Balaban J connectivity index is 1.65. The molecule has 2 heterocycles. The fourth-order valence-electron chi connectivity index (χ4n) is 3.04. The fraction of sp³-hybridized carbons (Fsp3) is 0.857. The summed E-state index contributed by atoms with van der Waals surface area (Å²) in [5.74, 6) is 1.65. The lowest BCUT2D eigenvalue weighted by Gasteiger charge is -2.33. The third-order valence-corrected chi connectivity index (χ3v) is 4.35. The Morgan fingerprint density at radius 1 is 1.42 bits per heavy atom. The molecule has 0 unspecified atom stereocenters. The monoisotopic (exact) mass is 264 g/mol. The van der Waals surface area contributed by atoms with E-state index >= 15 is 0 Å². The van der Waals surface area contributed by atoms with Crippen molar-refractivity contribution in [2.24, 2.45) is 0 Å². The summed E-state index contributed by atoms with van der Waals surface area (Å²) in [5, 5.41) is 18.3. The van der Waals surface area contributed by atoms with Crippen molar-refractivity contribution in [2.45, 2.75) is 57.1 Å². The Bertz CT molecular complexity index is 415. The van der Waals surface area contributed by atoms with E-state index in [0.717, 1.165) is 31.9 Å². The topological polar surface area (TPSA) is 54.2 Å². The smallest absolute Gasteiger partial charge is 0.137 e. The molecule has 2 atom stereocenters. The van der Waals surface area contributed by atoms with Crippen LogP contribution in [0.4, 0.5) is 0 Å². The third kappa shape index (κ3) is 2.98. The number of rotatable bonds is 5. The molecule has 1 aliphatic heterocycles. The summed E-state index contributed by atoms with van der Waals surface area (Å²) in [4.78, 5) is 2.38. The molecular weight excluding hydrogens is 240 g/mol. The average Bonchev–Trinajstić information content (AvgIpc) is 3.16. The van der Waals surface area contributed by atoms with Gasteiger partial charge in [-0.2, -0.15) is 0 Å². The van der Waals surface area contributed by atoms with Crippen molar-refractivity contribution in [2.75, 3.05) is 19.6 Å². The molecule has 5 heteroatoms. The summed E-state index contributed by atoms with van der Waals surface area (Å²) in [7, 11) is 0. The van der Waals surface area contributed by atoms with Crippen LogP contribution in [0.5, 0.6) is 0 Å². The largest absolute Gasteiger partial charge is 0.392 e. The van der Waals surface area contributed by atoms with E-state index in [1.807, 2.05) is 13.3 Å². The second-order valence-corrected chi connectivity index (χ2v) is 5.99. The summed E-state index contributed by atoms with van der Waals surface area (Å²) < 4.78 is 2.28. The number of hydrogen-bond acceptors (Lipinski definition) is 4. The van der Waals surface area contributed by atoms with Crippen LogP contribution >= 0.6 is 0 Å². The SMILES string of the molecule is CC[C@H](O)CN1CCC[C@@H](c2nncn2C2CC2)C1. The molecule has 0 spiro atoms. The van der Waals surface area contributed by atoms with E-state index in [1.54, 1.807) is 0 Å². The number of β-amino-alcohol motifs (C(OH)–C–C–N with tert-alkyl or cyclic N) is 1.